The molecule has 0 fully saturated rings. The van der Waals surface area contributed by atoms with Gasteiger partial charge < -0.3 is 4.57 Å². The van der Waals surface area contributed by atoms with Gasteiger partial charge in [-0.15, -0.1) is 11.3 Å². The van der Waals surface area contributed by atoms with E-state index >= 15 is 0 Å². The van der Waals surface area contributed by atoms with Crippen LogP contribution in [0.25, 0.3) is 103 Å². The van der Waals surface area contributed by atoms with Crippen LogP contribution in [0.3, 0.4) is 0 Å². The van der Waals surface area contributed by atoms with Crippen LogP contribution in [0, 0.1) is 0 Å². The topological polar surface area (TPSA) is 43.6 Å². The third-order valence-electron chi connectivity index (χ3n) is 11.9. The summed E-state index contributed by atoms with van der Waals surface area (Å²) in [7, 11) is 0. The highest BCUT2D eigenvalue weighted by molar-refractivity contribution is 7.27. The van der Waals surface area contributed by atoms with Crippen LogP contribution in [0.1, 0.15) is 25.0 Å². The van der Waals surface area contributed by atoms with Crippen molar-refractivity contribution < 1.29 is 0 Å². The Labute approximate surface area is 321 Å². The van der Waals surface area contributed by atoms with Crippen molar-refractivity contribution in [3.05, 3.63) is 169 Å². The van der Waals surface area contributed by atoms with Gasteiger partial charge in [-0.1, -0.05) is 111 Å². The summed E-state index contributed by atoms with van der Waals surface area (Å²) in [4.78, 5) is 15.0. The van der Waals surface area contributed by atoms with Gasteiger partial charge >= 0.3 is 0 Å². The predicted molar refractivity (Wildman–Crippen MR) is 231 cm³/mol. The van der Waals surface area contributed by atoms with E-state index in [9.17, 15) is 0 Å². The summed E-state index contributed by atoms with van der Waals surface area (Å²) >= 11 is 1.90. The minimum absolute atomic E-state index is 0.109. The Morgan fingerprint density at radius 2 is 1.24 bits per heavy atom. The number of nitrogens with zero attached hydrogens (tertiary/aromatic N) is 4. The highest BCUT2D eigenvalue weighted by Gasteiger charge is 2.35. The lowest BCUT2D eigenvalue weighted by molar-refractivity contribution is 0.660. The number of pyridine rings is 1. The van der Waals surface area contributed by atoms with E-state index in [1.807, 2.05) is 23.6 Å². The Bertz CT molecular complexity index is 3410. The van der Waals surface area contributed by atoms with Crippen molar-refractivity contribution in [1.82, 2.24) is 19.5 Å². The molecule has 0 saturated carbocycles. The SMILES string of the molecule is CC1(C)c2ccccc2-c2ccc(-c3nc(-c4ccc(-n5c6ccccc6c6c7sc8ccccc8c7c7ccccc7c65)cc4)nc4ncccc34)cc21. The highest BCUT2D eigenvalue weighted by atomic mass is 32.1. The van der Waals surface area contributed by atoms with Crippen LogP contribution >= 0.6 is 11.3 Å². The van der Waals surface area contributed by atoms with Gasteiger partial charge in [0.2, 0.25) is 0 Å². The van der Waals surface area contributed by atoms with E-state index in [-0.39, 0.29) is 5.41 Å². The molecule has 11 aromatic rings. The van der Waals surface area contributed by atoms with Crippen molar-refractivity contribution in [1.29, 1.82) is 0 Å². The molecule has 4 nitrogen and oxygen atoms in total. The van der Waals surface area contributed by atoms with Crippen molar-refractivity contribution in [2.24, 2.45) is 0 Å². The molecule has 4 heterocycles. The molecule has 0 N–H and O–H groups in total. The monoisotopic (exact) mass is 720 g/mol. The van der Waals surface area contributed by atoms with Crippen LogP contribution in [0.5, 0.6) is 0 Å². The lowest BCUT2D eigenvalue weighted by Gasteiger charge is -2.22. The van der Waals surface area contributed by atoms with Crippen molar-refractivity contribution in [3.8, 4) is 39.5 Å². The van der Waals surface area contributed by atoms with E-state index in [4.69, 9.17) is 15.0 Å². The zero-order valence-electron chi connectivity index (χ0n) is 30.2. The lowest BCUT2D eigenvalue weighted by atomic mass is 9.82. The molecule has 0 saturated heterocycles. The number of hydrogen-bond acceptors (Lipinski definition) is 4. The average molecular weight is 721 g/mol. The molecule has 1 aliphatic carbocycles. The summed E-state index contributed by atoms with van der Waals surface area (Å²) < 4.78 is 5.10. The first-order valence-corrected chi connectivity index (χ1v) is 19.6. The van der Waals surface area contributed by atoms with Gasteiger partial charge in [0.25, 0.3) is 0 Å². The maximum absolute atomic E-state index is 5.30. The summed E-state index contributed by atoms with van der Waals surface area (Å²) in [6.07, 6.45) is 1.81. The molecule has 7 aromatic carbocycles. The molecular weight excluding hydrogens is 689 g/mol. The molecular formula is C50H32N4S. The van der Waals surface area contributed by atoms with Gasteiger partial charge in [0.05, 0.1) is 16.7 Å². The van der Waals surface area contributed by atoms with E-state index in [1.165, 1.54) is 75.0 Å². The summed E-state index contributed by atoms with van der Waals surface area (Å²) in [6, 6.07) is 54.9. The molecule has 0 aliphatic heterocycles. The second-order valence-electron chi connectivity index (χ2n) is 15.2. The number of fused-ring (bicyclic) bond motifs is 14. The van der Waals surface area contributed by atoms with E-state index in [0.717, 1.165) is 27.9 Å². The van der Waals surface area contributed by atoms with Crippen LogP contribution in [-0.2, 0) is 5.41 Å². The fraction of sp³-hybridized carbons (Fsp3) is 0.0600. The minimum atomic E-state index is -0.109. The Morgan fingerprint density at radius 1 is 0.545 bits per heavy atom. The quantitative estimate of drug-likeness (QED) is 0.182. The number of thiophene rings is 1. The highest BCUT2D eigenvalue weighted by Crippen LogP contribution is 2.50. The van der Waals surface area contributed by atoms with E-state index in [1.54, 1.807) is 0 Å². The van der Waals surface area contributed by atoms with Gasteiger partial charge in [-0.2, -0.15) is 0 Å². The minimum Gasteiger partial charge on any atom is -0.309 e. The van der Waals surface area contributed by atoms with E-state index in [2.05, 4.69) is 164 Å². The Balaban J connectivity index is 1.04. The molecule has 0 amide bonds. The summed E-state index contributed by atoms with van der Waals surface area (Å²) in [5, 5.41) is 8.72. The molecule has 55 heavy (non-hydrogen) atoms. The summed E-state index contributed by atoms with van der Waals surface area (Å²) in [5.74, 6) is 0.662. The van der Waals surface area contributed by atoms with Crippen LogP contribution in [0.2, 0.25) is 0 Å². The van der Waals surface area contributed by atoms with Crippen molar-refractivity contribution >= 4 is 75.1 Å². The summed E-state index contributed by atoms with van der Waals surface area (Å²) in [5.41, 5.74) is 12.3. The molecule has 258 valence electrons. The molecule has 0 radical (unpaired) electrons. The van der Waals surface area contributed by atoms with Crippen LogP contribution < -0.4 is 0 Å². The van der Waals surface area contributed by atoms with Gasteiger partial charge in [-0.25, -0.2) is 15.0 Å². The van der Waals surface area contributed by atoms with Crippen molar-refractivity contribution in [2.45, 2.75) is 19.3 Å². The third-order valence-corrected chi connectivity index (χ3v) is 13.0. The first kappa shape index (κ1) is 30.7. The first-order valence-electron chi connectivity index (χ1n) is 18.8. The van der Waals surface area contributed by atoms with Crippen LogP contribution in [-0.4, -0.2) is 19.5 Å². The molecule has 12 rings (SSSR count). The molecule has 0 spiro atoms. The Kier molecular flexibility index (Phi) is 6.24. The zero-order chi connectivity index (χ0) is 36.4. The number of rotatable bonds is 3. The Hall–Kier alpha value is -6.69. The number of para-hydroxylation sites is 1. The van der Waals surface area contributed by atoms with Gasteiger partial charge in [0, 0.05) is 70.1 Å². The van der Waals surface area contributed by atoms with E-state index in [0.29, 0.717) is 11.5 Å². The van der Waals surface area contributed by atoms with Gasteiger partial charge in [0.1, 0.15) is 0 Å². The Morgan fingerprint density at radius 3 is 2.11 bits per heavy atom. The zero-order valence-corrected chi connectivity index (χ0v) is 31.0. The third kappa shape index (κ3) is 4.24. The van der Waals surface area contributed by atoms with Gasteiger partial charge in [-0.3, -0.25) is 0 Å². The van der Waals surface area contributed by atoms with Crippen LogP contribution in [0.4, 0.5) is 0 Å². The number of benzene rings is 7. The normalized spacial score (nSPS) is 13.4. The smallest absolute Gasteiger partial charge is 0.163 e. The number of aromatic nitrogens is 4. The van der Waals surface area contributed by atoms with Gasteiger partial charge in [0.15, 0.2) is 11.5 Å². The maximum Gasteiger partial charge on any atom is 0.163 e. The predicted octanol–water partition coefficient (Wildman–Crippen LogP) is 13.3. The average Bonchev–Trinajstić information content (AvgIpc) is 3.87. The largest absolute Gasteiger partial charge is 0.309 e. The molecule has 0 bridgehead atoms. The second-order valence-corrected chi connectivity index (χ2v) is 16.2. The molecule has 5 heteroatoms. The number of hydrogen-bond donors (Lipinski definition) is 0. The fourth-order valence-corrected chi connectivity index (χ4v) is 10.6. The van der Waals surface area contributed by atoms with Crippen molar-refractivity contribution in [3.63, 3.8) is 0 Å². The van der Waals surface area contributed by atoms with Gasteiger partial charge in [-0.05, 0) is 82.2 Å². The first-order chi connectivity index (χ1) is 27.0. The fourth-order valence-electron chi connectivity index (χ4n) is 9.31. The lowest BCUT2D eigenvalue weighted by Crippen LogP contribution is -2.15. The molecule has 0 unspecified atom stereocenters. The molecule has 4 aromatic heterocycles. The second kappa shape index (κ2) is 11.2. The summed E-state index contributed by atoms with van der Waals surface area (Å²) in [6.45, 7) is 4.64. The van der Waals surface area contributed by atoms with Crippen molar-refractivity contribution in [2.75, 3.05) is 0 Å². The standard InChI is InChI=1S/C50H32N4S/c1-50(2)39-18-8-5-12-32(39)33-26-23-30(28-40(33)50)45-38-17-11-27-51-49(38)53-48(52-45)29-21-24-31(25-22-29)54-41-19-9-6-15-36(41)44-46(54)35-14-4-3-13-34(35)43-37-16-7-10-20-42(37)55-47(43)44/h3-28H,1-2H3. The van der Waals surface area contributed by atoms with Crippen LogP contribution in [0.15, 0.2) is 158 Å². The maximum atomic E-state index is 5.30. The van der Waals surface area contributed by atoms with E-state index < -0.39 is 0 Å². The molecule has 1 aliphatic rings. The molecule has 0 atom stereocenters.